The first kappa shape index (κ1) is 11.3. The van der Waals surface area contributed by atoms with Crippen LogP contribution in [0.2, 0.25) is 0 Å². The summed E-state index contributed by atoms with van der Waals surface area (Å²) in [5.74, 6) is -2.92. The fourth-order valence-electron chi connectivity index (χ4n) is 2.94. The largest absolute Gasteiger partial charge is 0.468 e. The van der Waals surface area contributed by atoms with Gasteiger partial charge in [-0.2, -0.15) is 0 Å². The highest BCUT2D eigenvalue weighted by Gasteiger charge is 2.82. The van der Waals surface area contributed by atoms with Gasteiger partial charge in [-0.25, -0.2) is 9.18 Å². The van der Waals surface area contributed by atoms with E-state index in [4.69, 9.17) is 5.73 Å². The van der Waals surface area contributed by atoms with Crippen molar-refractivity contribution >= 4 is 11.9 Å². The Balaban J connectivity index is 2.25. The Hall–Kier alpha value is -1.17. The van der Waals surface area contributed by atoms with Crippen molar-refractivity contribution in [3.8, 4) is 0 Å². The molecule has 0 aromatic rings. The summed E-state index contributed by atoms with van der Waals surface area (Å²) in [6.07, 6.45) is 0.750. The molecular weight excluding hydrogens is 217 g/mol. The predicted molar refractivity (Wildman–Crippen MR) is 51.0 cm³/mol. The van der Waals surface area contributed by atoms with Crippen molar-refractivity contribution < 1.29 is 23.5 Å². The van der Waals surface area contributed by atoms with Crippen LogP contribution in [0.15, 0.2) is 0 Å². The average Bonchev–Trinajstić information content (AvgIpc) is 2.72. The Labute approximate surface area is 92.1 Å². The molecule has 90 valence electrons. The number of rotatable bonds is 2. The van der Waals surface area contributed by atoms with E-state index in [-0.39, 0.29) is 0 Å². The van der Waals surface area contributed by atoms with E-state index in [0.29, 0.717) is 12.8 Å². The van der Waals surface area contributed by atoms with Crippen molar-refractivity contribution in [3.05, 3.63) is 0 Å². The minimum atomic E-state index is -2.10. The van der Waals surface area contributed by atoms with Gasteiger partial charge >= 0.3 is 11.9 Å². The molecule has 2 rings (SSSR count). The third-order valence-corrected chi connectivity index (χ3v) is 3.77. The van der Waals surface area contributed by atoms with Gasteiger partial charge in [-0.3, -0.25) is 4.79 Å². The van der Waals surface area contributed by atoms with Crippen molar-refractivity contribution in [2.75, 3.05) is 14.2 Å². The molecule has 0 radical (unpaired) electrons. The average molecular weight is 231 g/mol. The third kappa shape index (κ3) is 1.08. The van der Waals surface area contributed by atoms with E-state index in [1.807, 2.05) is 0 Å². The van der Waals surface area contributed by atoms with Crippen LogP contribution < -0.4 is 5.73 Å². The molecular formula is C10H14FNO4. The van der Waals surface area contributed by atoms with Crippen LogP contribution in [0.5, 0.6) is 0 Å². The molecule has 0 amide bonds. The quantitative estimate of drug-likeness (QED) is 0.664. The number of fused-ring (bicyclic) bond motifs is 1. The summed E-state index contributed by atoms with van der Waals surface area (Å²) < 4.78 is 23.2. The monoisotopic (exact) mass is 231 g/mol. The second kappa shape index (κ2) is 3.16. The molecule has 2 fully saturated rings. The van der Waals surface area contributed by atoms with Crippen LogP contribution in [-0.2, 0) is 19.1 Å². The van der Waals surface area contributed by atoms with Crippen LogP contribution in [0.4, 0.5) is 4.39 Å². The third-order valence-electron chi connectivity index (χ3n) is 3.77. The van der Waals surface area contributed by atoms with Gasteiger partial charge in [-0.05, 0) is 12.8 Å². The number of alkyl halides is 1. The van der Waals surface area contributed by atoms with Gasteiger partial charge in [-0.1, -0.05) is 0 Å². The summed E-state index contributed by atoms with van der Waals surface area (Å²) >= 11 is 0. The van der Waals surface area contributed by atoms with Gasteiger partial charge in [0.05, 0.1) is 14.2 Å². The van der Waals surface area contributed by atoms with Gasteiger partial charge in [0.1, 0.15) is 5.54 Å². The Morgan fingerprint density at radius 2 is 1.88 bits per heavy atom. The molecule has 5 nitrogen and oxygen atoms in total. The van der Waals surface area contributed by atoms with E-state index in [0.717, 1.165) is 7.11 Å². The van der Waals surface area contributed by atoms with Crippen molar-refractivity contribution in [1.29, 1.82) is 0 Å². The Bertz CT molecular complexity index is 361. The maximum absolute atomic E-state index is 14.2. The Morgan fingerprint density at radius 3 is 2.38 bits per heavy atom. The zero-order valence-corrected chi connectivity index (χ0v) is 9.16. The number of hydrogen-bond donors (Lipinski definition) is 1. The van der Waals surface area contributed by atoms with Gasteiger partial charge in [0, 0.05) is 11.8 Å². The molecule has 6 heteroatoms. The van der Waals surface area contributed by atoms with Crippen LogP contribution in [0, 0.1) is 11.8 Å². The molecule has 0 aromatic carbocycles. The number of carbonyl (C=O) groups is 2. The zero-order chi connectivity index (χ0) is 12.1. The van der Waals surface area contributed by atoms with Gasteiger partial charge in [0.25, 0.3) is 0 Å². The highest BCUT2D eigenvalue weighted by Crippen LogP contribution is 2.67. The number of halogens is 1. The van der Waals surface area contributed by atoms with E-state index >= 15 is 0 Å². The molecule has 0 saturated heterocycles. The van der Waals surface area contributed by atoms with Gasteiger partial charge in [0.15, 0.2) is 0 Å². The molecule has 0 heterocycles. The van der Waals surface area contributed by atoms with Crippen LogP contribution >= 0.6 is 0 Å². The Kier molecular flexibility index (Phi) is 2.24. The number of hydrogen-bond acceptors (Lipinski definition) is 5. The normalized spacial score (nSPS) is 44.8. The highest BCUT2D eigenvalue weighted by molar-refractivity contribution is 5.91. The second-order valence-corrected chi connectivity index (χ2v) is 4.41. The van der Waals surface area contributed by atoms with Gasteiger partial charge < -0.3 is 15.2 Å². The smallest absolute Gasteiger partial charge is 0.344 e. The Morgan fingerprint density at radius 1 is 1.31 bits per heavy atom. The molecule has 4 unspecified atom stereocenters. The second-order valence-electron chi connectivity index (χ2n) is 4.41. The van der Waals surface area contributed by atoms with E-state index in [9.17, 15) is 14.0 Å². The summed E-state index contributed by atoms with van der Waals surface area (Å²) in [6.45, 7) is 0. The SMILES string of the molecule is COC(=O)C1(N)CCC2C1C2(F)C(=O)OC. The number of carbonyl (C=O) groups excluding carboxylic acids is 2. The lowest BCUT2D eigenvalue weighted by atomic mass is 9.90. The first-order valence-electron chi connectivity index (χ1n) is 5.07. The van der Waals surface area contributed by atoms with Crippen LogP contribution in [0.1, 0.15) is 12.8 Å². The maximum atomic E-state index is 14.2. The summed E-state index contributed by atoms with van der Waals surface area (Å²) in [5, 5.41) is 0. The van der Waals surface area contributed by atoms with Crippen molar-refractivity contribution in [3.63, 3.8) is 0 Å². The summed E-state index contributed by atoms with van der Waals surface area (Å²) in [5.41, 5.74) is 2.36. The van der Waals surface area contributed by atoms with Gasteiger partial charge in [-0.15, -0.1) is 0 Å². The minimum Gasteiger partial charge on any atom is -0.468 e. The number of nitrogens with two attached hydrogens (primary N) is 1. The number of methoxy groups -OCH3 is 2. The van der Waals surface area contributed by atoms with Crippen molar-refractivity contribution in [1.82, 2.24) is 0 Å². The molecule has 0 aliphatic heterocycles. The molecule has 0 spiro atoms. The minimum absolute atomic E-state index is 0.345. The van der Waals surface area contributed by atoms with Crippen LogP contribution in [0.3, 0.4) is 0 Å². The summed E-state index contributed by atoms with van der Waals surface area (Å²) in [6, 6.07) is 0. The maximum Gasteiger partial charge on any atom is 0.344 e. The lowest BCUT2D eigenvalue weighted by Gasteiger charge is -2.25. The summed E-state index contributed by atoms with van der Waals surface area (Å²) in [7, 11) is 2.32. The van der Waals surface area contributed by atoms with Crippen LogP contribution in [0.25, 0.3) is 0 Å². The molecule has 2 aliphatic carbocycles. The van der Waals surface area contributed by atoms with E-state index in [1.54, 1.807) is 0 Å². The fraction of sp³-hybridized carbons (Fsp3) is 0.800. The van der Waals surface area contributed by atoms with Crippen LogP contribution in [-0.4, -0.2) is 37.4 Å². The lowest BCUT2D eigenvalue weighted by Crippen LogP contribution is -2.52. The zero-order valence-electron chi connectivity index (χ0n) is 9.16. The molecule has 0 aromatic heterocycles. The van der Waals surface area contributed by atoms with E-state index in [1.165, 1.54) is 7.11 Å². The standard InChI is InChI=1S/C10H14FNO4/c1-15-7(13)9(12)4-3-5-6(9)10(5,11)8(14)16-2/h5-6H,3-4,12H2,1-2H3. The first-order valence-corrected chi connectivity index (χ1v) is 5.07. The molecule has 2 aliphatic rings. The van der Waals surface area contributed by atoms with Crippen molar-refractivity contribution in [2.45, 2.75) is 24.0 Å². The first-order chi connectivity index (χ1) is 7.42. The molecule has 16 heavy (non-hydrogen) atoms. The molecule has 4 atom stereocenters. The number of ether oxygens (including phenoxy) is 2. The number of esters is 2. The molecule has 2 saturated carbocycles. The van der Waals surface area contributed by atoms with Crippen molar-refractivity contribution in [2.24, 2.45) is 17.6 Å². The fourth-order valence-corrected chi connectivity index (χ4v) is 2.94. The molecule has 0 bridgehead atoms. The lowest BCUT2D eigenvalue weighted by molar-refractivity contribution is -0.153. The summed E-state index contributed by atoms with van der Waals surface area (Å²) in [4.78, 5) is 22.8. The highest BCUT2D eigenvalue weighted by atomic mass is 19.1. The molecule has 2 N–H and O–H groups in total. The topological polar surface area (TPSA) is 78.6 Å². The predicted octanol–water partition coefficient (Wildman–Crippen LogP) is -0.222. The van der Waals surface area contributed by atoms with Gasteiger partial charge in [0.2, 0.25) is 5.67 Å². The van der Waals surface area contributed by atoms with E-state index in [2.05, 4.69) is 9.47 Å². The van der Waals surface area contributed by atoms with E-state index < -0.39 is 35.0 Å².